The SMILES string of the molecule is c1ccc(N(c2ccc(-c3cccc4c3-c3ccccc3C4(c3ccccc3)c3ccccc3)cc2)c2cccc(-c3ccc(-c4ccc5ccccc5c4)cc3)c2)cc1. The van der Waals surface area contributed by atoms with Crippen LogP contribution < -0.4 is 4.90 Å². The van der Waals surface area contributed by atoms with Gasteiger partial charge >= 0.3 is 0 Å². The zero-order chi connectivity index (χ0) is 39.9. The summed E-state index contributed by atoms with van der Waals surface area (Å²) in [6.45, 7) is 0. The van der Waals surface area contributed by atoms with Crippen molar-refractivity contribution in [2.24, 2.45) is 0 Å². The number of hydrogen-bond donors (Lipinski definition) is 0. The quantitative estimate of drug-likeness (QED) is 0.149. The van der Waals surface area contributed by atoms with Gasteiger partial charge in [-0.2, -0.15) is 0 Å². The Kier molecular flexibility index (Phi) is 8.79. The van der Waals surface area contributed by atoms with Crippen molar-refractivity contribution < 1.29 is 0 Å². The van der Waals surface area contributed by atoms with E-state index in [9.17, 15) is 0 Å². The summed E-state index contributed by atoms with van der Waals surface area (Å²) in [5.74, 6) is 0. The van der Waals surface area contributed by atoms with E-state index < -0.39 is 5.41 Å². The lowest BCUT2D eigenvalue weighted by molar-refractivity contribution is 0.768. The van der Waals surface area contributed by atoms with E-state index in [1.54, 1.807) is 0 Å². The average molecular weight is 764 g/mol. The molecule has 0 unspecified atom stereocenters. The lowest BCUT2D eigenvalue weighted by Crippen LogP contribution is -2.28. The molecule has 0 heterocycles. The van der Waals surface area contributed by atoms with Gasteiger partial charge in [0, 0.05) is 17.1 Å². The molecule has 0 fully saturated rings. The highest BCUT2D eigenvalue weighted by Gasteiger charge is 2.46. The minimum Gasteiger partial charge on any atom is -0.310 e. The third-order valence-corrected chi connectivity index (χ3v) is 12.3. The molecule has 0 aliphatic heterocycles. The van der Waals surface area contributed by atoms with Gasteiger partial charge in [-0.3, -0.25) is 0 Å². The normalized spacial score (nSPS) is 12.5. The number of para-hydroxylation sites is 1. The highest BCUT2D eigenvalue weighted by atomic mass is 15.1. The maximum Gasteiger partial charge on any atom is 0.0713 e. The van der Waals surface area contributed by atoms with Gasteiger partial charge in [0.05, 0.1) is 5.41 Å². The summed E-state index contributed by atoms with van der Waals surface area (Å²) in [5, 5.41) is 2.52. The molecule has 1 aliphatic carbocycles. The van der Waals surface area contributed by atoms with E-state index in [0.29, 0.717) is 0 Å². The van der Waals surface area contributed by atoms with Crippen LogP contribution in [0.2, 0.25) is 0 Å². The van der Waals surface area contributed by atoms with Crippen molar-refractivity contribution in [1.82, 2.24) is 0 Å². The summed E-state index contributed by atoms with van der Waals surface area (Å²) < 4.78 is 0. The first kappa shape index (κ1) is 35.4. The second-order valence-electron chi connectivity index (χ2n) is 15.7. The zero-order valence-electron chi connectivity index (χ0n) is 33.1. The summed E-state index contributed by atoms with van der Waals surface area (Å²) in [7, 11) is 0. The molecule has 1 heteroatoms. The molecule has 10 aromatic carbocycles. The van der Waals surface area contributed by atoms with E-state index in [2.05, 4.69) is 254 Å². The topological polar surface area (TPSA) is 3.24 Å². The van der Waals surface area contributed by atoms with Crippen molar-refractivity contribution in [3.05, 3.63) is 271 Å². The Morgan fingerprint density at radius 1 is 0.267 bits per heavy atom. The third-order valence-electron chi connectivity index (χ3n) is 12.3. The van der Waals surface area contributed by atoms with Gasteiger partial charge in [0.25, 0.3) is 0 Å². The second-order valence-corrected chi connectivity index (χ2v) is 15.7. The molecule has 0 bridgehead atoms. The van der Waals surface area contributed by atoms with Crippen LogP contribution in [0.15, 0.2) is 249 Å². The van der Waals surface area contributed by atoms with Gasteiger partial charge in [0.1, 0.15) is 0 Å². The smallest absolute Gasteiger partial charge is 0.0713 e. The highest BCUT2D eigenvalue weighted by molar-refractivity contribution is 5.96. The Morgan fingerprint density at radius 3 is 1.45 bits per heavy atom. The van der Waals surface area contributed by atoms with E-state index in [1.165, 1.54) is 77.5 Å². The van der Waals surface area contributed by atoms with Crippen LogP contribution in [0.5, 0.6) is 0 Å². The highest BCUT2D eigenvalue weighted by Crippen LogP contribution is 2.58. The molecule has 0 aromatic heterocycles. The predicted octanol–water partition coefficient (Wildman–Crippen LogP) is 15.7. The van der Waals surface area contributed by atoms with Crippen LogP contribution in [-0.4, -0.2) is 0 Å². The molecule has 10 aromatic rings. The molecule has 1 aliphatic rings. The lowest BCUT2D eigenvalue weighted by Gasteiger charge is -2.34. The van der Waals surface area contributed by atoms with Gasteiger partial charge in [-0.15, -0.1) is 0 Å². The first-order valence-electron chi connectivity index (χ1n) is 20.8. The molecular weight excluding hydrogens is 723 g/mol. The zero-order valence-corrected chi connectivity index (χ0v) is 33.1. The molecular formula is C59H41N. The third kappa shape index (κ3) is 5.94. The molecule has 0 saturated heterocycles. The summed E-state index contributed by atoms with van der Waals surface area (Å²) in [5.41, 5.74) is 17.9. The van der Waals surface area contributed by atoms with Crippen LogP contribution in [0.3, 0.4) is 0 Å². The maximum atomic E-state index is 2.36. The Morgan fingerprint density at radius 2 is 0.750 bits per heavy atom. The van der Waals surface area contributed by atoms with Crippen molar-refractivity contribution in [2.45, 2.75) is 5.41 Å². The van der Waals surface area contributed by atoms with E-state index in [-0.39, 0.29) is 0 Å². The van der Waals surface area contributed by atoms with Crippen molar-refractivity contribution in [3.63, 3.8) is 0 Å². The molecule has 1 nitrogen and oxygen atoms in total. The molecule has 0 atom stereocenters. The average Bonchev–Trinajstić information content (AvgIpc) is 3.64. The number of anilines is 3. The first-order chi connectivity index (χ1) is 29.8. The van der Waals surface area contributed by atoms with E-state index in [1.807, 2.05) is 0 Å². The number of rotatable bonds is 8. The Bertz CT molecular complexity index is 3070. The van der Waals surface area contributed by atoms with Crippen LogP contribution in [0.25, 0.3) is 55.3 Å². The van der Waals surface area contributed by atoms with Crippen molar-refractivity contribution in [2.75, 3.05) is 4.90 Å². The fraction of sp³-hybridized carbons (Fsp3) is 0.0169. The Balaban J connectivity index is 0.978. The summed E-state index contributed by atoms with van der Waals surface area (Å²) in [6, 6.07) is 90.8. The van der Waals surface area contributed by atoms with Gasteiger partial charge in [-0.05, 0) is 120 Å². The molecule has 0 radical (unpaired) electrons. The largest absolute Gasteiger partial charge is 0.310 e. The number of benzene rings is 10. The second kappa shape index (κ2) is 14.9. The fourth-order valence-corrected chi connectivity index (χ4v) is 9.60. The van der Waals surface area contributed by atoms with Crippen LogP contribution in [-0.2, 0) is 5.41 Å². The minimum absolute atomic E-state index is 0.434. The summed E-state index contributed by atoms with van der Waals surface area (Å²) >= 11 is 0. The Labute approximate surface area is 352 Å². The number of hydrogen-bond acceptors (Lipinski definition) is 1. The standard InChI is InChI=1S/C59H41N/c1-4-19-49(20-5-1)59(50-21-6-2-7-22-50)56-28-13-12-26-55(56)58-54(27-15-29-57(58)59)45-36-38-52(39-37-45)60(51-23-8-3-9-24-51)53-25-14-18-47(41-53)43-30-32-44(33-31-43)48-35-34-42-16-10-11-17-46(42)40-48/h1-41H. The maximum absolute atomic E-state index is 2.36. The summed E-state index contributed by atoms with van der Waals surface area (Å²) in [4.78, 5) is 2.36. The molecule has 0 amide bonds. The first-order valence-corrected chi connectivity index (χ1v) is 20.8. The lowest BCUT2D eigenvalue weighted by atomic mass is 9.67. The predicted molar refractivity (Wildman–Crippen MR) is 252 cm³/mol. The van der Waals surface area contributed by atoms with Crippen LogP contribution in [0, 0.1) is 0 Å². The van der Waals surface area contributed by atoms with Crippen LogP contribution in [0.4, 0.5) is 17.1 Å². The monoisotopic (exact) mass is 763 g/mol. The van der Waals surface area contributed by atoms with Gasteiger partial charge in [0.15, 0.2) is 0 Å². The summed E-state index contributed by atoms with van der Waals surface area (Å²) in [6.07, 6.45) is 0. The van der Waals surface area contributed by atoms with Gasteiger partial charge in [0.2, 0.25) is 0 Å². The van der Waals surface area contributed by atoms with Gasteiger partial charge in [-0.1, -0.05) is 206 Å². The fourth-order valence-electron chi connectivity index (χ4n) is 9.60. The Hall–Kier alpha value is -7.74. The van der Waals surface area contributed by atoms with Crippen molar-refractivity contribution in [3.8, 4) is 44.5 Å². The molecule has 60 heavy (non-hydrogen) atoms. The van der Waals surface area contributed by atoms with Gasteiger partial charge in [-0.25, -0.2) is 0 Å². The van der Waals surface area contributed by atoms with Crippen molar-refractivity contribution >= 4 is 27.8 Å². The number of nitrogens with zero attached hydrogens (tertiary/aromatic N) is 1. The van der Waals surface area contributed by atoms with Crippen molar-refractivity contribution in [1.29, 1.82) is 0 Å². The molecule has 0 spiro atoms. The van der Waals surface area contributed by atoms with Crippen LogP contribution in [0.1, 0.15) is 22.3 Å². The van der Waals surface area contributed by atoms with E-state index in [4.69, 9.17) is 0 Å². The number of fused-ring (bicyclic) bond motifs is 4. The van der Waals surface area contributed by atoms with E-state index in [0.717, 1.165) is 17.1 Å². The molecule has 0 saturated carbocycles. The molecule has 0 N–H and O–H groups in total. The molecule has 11 rings (SSSR count). The van der Waals surface area contributed by atoms with Gasteiger partial charge < -0.3 is 4.90 Å². The minimum atomic E-state index is -0.434. The molecule has 282 valence electrons. The van der Waals surface area contributed by atoms with Crippen LogP contribution >= 0.6 is 0 Å². The van der Waals surface area contributed by atoms with E-state index >= 15 is 0 Å².